The van der Waals surface area contributed by atoms with Crippen LogP contribution in [0.2, 0.25) is 0 Å². The van der Waals surface area contributed by atoms with Crippen LogP contribution in [-0.4, -0.2) is 15.8 Å². The maximum atomic E-state index is 10.0. The van der Waals surface area contributed by atoms with Crippen molar-refractivity contribution < 1.29 is 20.6 Å². The predicted octanol–water partition coefficient (Wildman–Crippen LogP) is 24.7. The Morgan fingerprint density at radius 1 is 0.257 bits per heavy atom. The molecular formula is C96H95BN4. The van der Waals surface area contributed by atoms with Crippen LogP contribution in [0.15, 0.2) is 248 Å². The summed E-state index contributed by atoms with van der Waals surface area (Å²) in [7, 11) is 0. The summed E-state index contributed by atoms with van der Waals surface area (Å²) in [6.45, 7) is 39.4. The van der Waals surface area contributed by atoms with Crippen LogP contribution in [0.4, 0.5) is 34.1 Å². The highest BCUT2D eigenvalue weighted by atomic mass is 15.2. The molecule has 101 heavy (non-hydrogen) atoms. The average Bonchev–Trinajstić information content (AvgIpc) is 0.926. The van der Waals surface area contributed by atoms with Crippen molar-refractivity contribution in [3.05, 3.63) is 282 Å². The van der Waals surface area contributed by atoms with Crippen LogP contribution in [0.3, 0.4) is 0 Å². The first-order valence-corrected chi connectivity index (χ1v) is 35.3. The molecule has 12 aromatic carbocycles. The zero-order valence-electron chi connectivity index (χ0n) is 76.4. The lowest BCUT2D eigenvalue weighted by Crippen LogP contribution is -2.61. The molecule has 0 saturated carbocycles. The third kappa shape index (κ3) is 11.3. The number of hydrogen-bond acceptors (Lipinski definition) is 2. The number of fused-ring (bicyclic) bond motifs is 10. The molecule has 2 aromatic heterocycles. The lowest BCUT2D eigenvalue weighted by atomic mass is 9.33. The van der Waals surface area contributed by atoms with Crippen molar-refractivity contribution in [3.8, 4) is 44.8 Å². The van der Waals surface area contributed by atoms with Gasteiger partial charge in [-0.05, 0) is 194 Å². The molecule has 0 amide bonds. The van der Waals surface area contributed by atoms with Gasteiger partial charge in [0.15, 0.2) is 0 Å². The SMILES string of the molecule is [2H]c1cc([2H])c2c(c1[2H])c1c([2H])c([2H])c([2H])c([2H])c1n2-c1ccc2c(c1)N(c1ccc(-c3cc(C(C)(C)C)cc(C(C)(C)C)c3)cc1)c1cc(-n3c4c([2H])c([2H])c([2H])c([2H])c4c4c([2H])c([2H])c([2H])c([2H])c43)cc3c1B2c1ccc(-c2cc(C(C)(C)C)cc(C(C)(C)C)c2)cc1N3c1cccc(-c2cc(C(C)(C)C)cc(C(C)(C)C)c2)c1. The van der Waals surface area contributed by atoms with Crippen molar-refractivity contribution in [2.75, 3.05) is 9.80 Å². The summed E-state index contributed by atoms with van der Waals surface area (Å²) in [4.78, 5) is 4.42. The molecular weight excluding hydrogens is 1220 g/mol. The molecule has 0 saturated heterocycles. The third-order valence-corrected chi connectivity index (χ3v) is 20.9. The van der Waals surface area contributed by atoms with E-state index in [4.69, 9.17) is 2.74 Å². The van der Waals surface area contributed by atoms with Gasteiger partial charge in [0.05, 0.1) is 48.3 Å². The first kappa shape index (κ1) is 50.3. The quantitative estimate of drug-likeness (QED) is 0.148. The number of anilines is 6. The summed E-state index contributed by atoms with van der Waals surface area (Å²) >= 11 is 0. The van der Waals surface area contributed by atoms with E-state index in [-0.39, 0.29) is 99.9 Å². The van der Waals surface area contributed by atoms with Gasteiger partial charge in [0, 0.05) is 61.4 Å². The average molecular weight is 1330 g/mol. The number of benzene rings is 12. The first-order chi connectivity index (χ1) is 54.1. The second-order valence-corrected chi connectivity index (χ2v) is 34.1. The van der Waals surface area contributed by atoms with Crippen LogP contribution >= 0.6 is 0 Å². The summed E-state index contributed by atoms with van der Waals surface area (Å²) < 4.78 is 146. The van der Waals surface area contributed by atoms with Gasteiger partial charge in [-0.15, -0.1) is 0 Å². The zero-order valence-corrected chi connectivity index (χ0v) is 61.4. The second kappa shape index (κ2) is 23.2. The van der Waals surface area contributed by atoms with Crippen LogP contribution in [0.25, 0.3) is 88.4 Å². The molecule has 0 aliphatic carbocycles. The van der Waals surface area contributed by atoms with Gasteiger partial charge in [0.25, 0.3) is 6.71 Å². The fourth-order valence-corrected chi connectivity index (χ4v) is 15.0. The topological polar surface area (TPSA) is 16.3 Å². The first-order valence-electron chi connectivity index (χ1n) is 42.8. The predicted molar refractivity (Wildman–Crippen MR) is 438 cm³/mol. The highest BCUT2D eigenvalue weighted by Crippen LogP contribution is 2.50. The molecule has 0 radical (unpaired) electrons. The fourth-order valence-electron chi connectivity index (χ4n) is 15.0. The zero-order chi connectivity index (χ0) is 83.8. The van der Waals surface area contributed by atoms with Crippen molar-refractivity contribution in [2.45, 2.75) is 157 Å². The number of aromatic nitrogens is 2. The highest BCUT2D eigenvalue weighted by Gasteiger charge is 2.45. The molecule has 0 unspecified atom stereocenters. The minimum atomic E-state index is -0.669. The normalized spacial score (nSPS) is 15.7. The lowest BCUT2D eigenvalue weighted by molar-refractivity contribution is 0.568. The summed E-state index contributed by atoms with van der Waals surface area (Å²) in [6.07, 6.45) is 0. The highest BCUT2D eigenvalue weighted by molar-refractivity contribution is 7.00. The monoisotopic (exact) mass is 1330 g/mol. The molecule has 0 N–H and O–H groups in total. The van der Waals surface area contributed by atoms with Gasteiger partial charge in [0.2, 0.25) is 0 Å². The van der Waals surface area contributed by atoms with E-state index in [1.165, 1.54) is 28.3 Å². The number of nitrogens with zero attached hydrogens (tertiary/aromatic N) is 4. The van der Waals surface area contributed by atoms with E-state index < -0.39 is 79.2 Å². The minimum absolute atomic E-state index is 0.00366. The minimum Gasteiger partial charge on any atom is -0.311 e. The van der Waals surface area contributed by atoms with Crippen LogP contribution in [0.5, 0.6) is 0 Å². The second-order valence-electron chi connectivity index (χ2n) is 34.1. The van der Waals surface area contributed by atoms with Gasteiger partial charge in [-0.25, -0.2) is 0 Å². The van der Waals surface area contributed by atoms with E-state index in [1.54, 1.807) is 9.13 Å². The van der Waals surface area contributed by atoms with Gasteiger partial charge < -0.3 is 18.9 Å². The molecule has 0 atom stereocenters. The van der Waals surface area contributed by atoms with Gasteiger partial charge in [-0.1, -0.05) is 294 Å². The van der Waals surface area contributed by atoms with Crippen LogP contribution in [-0.2, 0) is 32.5 Å². The number of hydrogen-bond donors (Lipinski definition) is 0. The van der Waals surface area contributed by atoms with Crippen molar-refractivity contribution in [1.29, 1.82) is 0 Å². The van der Waals surface area contributed by atoms with E-state index in [1.807, 2.05) is 30.3 Å². The Bertz CT molecular complexity index is 6430. The molecule has 14 aromatic rings. The van der Waals surface area contributed by atoms with E-state index >= 15 is 0 Å². The Balaban J connectivity index is 1.10. The van der Waals surface area contributed by atoms with E-state index in [0.717, 1.165) is 72.3 Å². The van der Waals surface area contributed by atoms with Crippen molar-refractivity contribution in [3.63, 3.8) is 0 Å². The van der Waals surface area contributed by atoms with Crippen LogP contribution in [0.1, 0.15) is 179 Å². The van der Waals surface area contributed by atoms with Crippen LogP contribution in [0, 0.1) is 0 Å². The lowest BCUT2D eigenvalue weighted by Gasteiger charge is -2.45. The van der Waals surface area contributed by atoms with Gasteiger partial charge in [-0.2, -0.15) is 0 Å². The molecule has 4 heterocycles. The summed E-state index contributed by atoms with van der Waals surface area (Å²) in [5, 5.41) is -0.141. The standard InChI is InChI=1S/C96H95BN4/c1-91(2,3)66-46-63(47-67(54-66)92(4,5)6)60-38-41-72(42-39-60)98-87-57-74(99-82-34-23-19-30-76(82)77-31-20-24-35-83(77)99)43-45-81(87)97-80-44-40-62(65-50-70(95(13,14)15)56-71(51-65)96(16,17)18)53-86(80)100(73-29-27-28-61(52-73)64-48-68(93(7,8)9)55-69(49-64)94(10,11)12)89-59-75(58-88(98)90(89)97)101-84-36-25-21-32-78(84)79-33-22-26-37-85(79)101/h19-59H,1-18H3/i19D,20D,21D,22D,23D,25D,26D,30D,31D,32D,33D,34D,35D,36D,37D. The van der Waals surface area contributed by atoms with Crippen molar-refractivity contribution in [2.24, 2.45) is 0 Å². The molecule has 16 rings (SSSR count). The third-order valence-electron chi connectivity index (χ3n) is 20.9. The molecule has 502 valence electrons. The van der Waals surface area contributed by atoms with Crippen molar-refractivity contribution in [1.82, 2.24) is 9.13 Å². The Morgan fingerprint density at radius 2 is 0.604 bits per heavy atom. The maximum absolute atomic E-state index is 10.0. The number of rotatable bonds is 7. The summed E-state index contributed by atoms with van der Waals surface area (Å²) in [5.41, 5.74) is 18.6. The van der Waals surface area contributed by atoms with Crippen LogP contribution < -0.4 is 26.2 Å². The summed E-state index contributed by atoms with van der Waals surface area (Å²) in [5.74, 6) is 0. The Labute approximate surface area is 621 Å². The molecule has 0 fully saturated rings. The maximum Gasteiger partial charge on any atom is 0.252 e. The molecule has 2 aliphatic heterocycles. The summed E-state index contributed by atoms with van der Waals surface area (Å²) in [6, 6.07) is 48.5. The van der Waals surface area contributed by atoms with E-state index in [9.17, 15) is 17.8 Å². The molecule has 0 bridgehead atoms. The Morgan fingerprint density at radius 3 is 1.06 bits per heavy atom. The van der Waals surface area contributed by atoms with Crippen molar-refractivity contribution >= 4 is 101 Å². The molecule has 0 spiro atoms. The van der Waals surface area contributed by atoms with Gasteiger partial charge in [-0.3, -0.25) is 0 Å². The molecule has 2 aliphatic rings. The van der Waals surface area contributed by atoms with E-state index in [2.05, 4.69) is 256 Å². The Kier molecular flexibility index (Phi) is 11.6. The fraction of sp³-hybridized carbons (Fsp3) is 0.250. The largest absolute Gasteiger partial charge is 0.311 e. The molecule has 5 heteroatoms. The van der Waals surface area contributed by atoms with Gasteiger partial charge >= 0.3 is 0 Å². The van der Waals surface area contributed by atoms with Gasteiger partial charge in [0.1, 0.15) is 0 Å². The van der Waals surface area contributed by atoms with E-state index in [0.29, 0.717) is 28.4 Å². The smallest absolute Gasteiger partial charge is 0.252 e. The molecule has 4 nitrogen and oxygen atoms in total. The number of para-hydroxylation sites is 4. The Hall–Kier alpha value is -10.1.